The van der Waals surface area contributed by atoms with E-state index >= 15 is 0 Å². The number of amides is 1. The van der Waals surface area contributed by atoms with Crippen LogP contribution < -0.4 is 0 Å². The fraction of sp³-hybridized carbons (Fsp3) is 0.818. The molecule has 0 aromatic heterocycles. The van der Waals surface area contributed by atoms with Crippen molar-refractivity contribution < 1.29 is 9.59 Å². The third kappa shape index (κ3) is 1.81. The fourth-order valence-electron chi connectivity index (χ4n) is 2.51. The molecule has 0 atom stereocenters. The number of ketones is 1. The number of Topliss-reactive ketones (excluding diaryl/α,β-unsaturated/α-hetero) is 1. The lowest BCUT2D eigenvalue weighted by Gasteiger charge is -2.25. The van der Waals surface area contributed by atoms with Crippen LogP contribution >= 0.6 is 0 Å². The summed E-state index contributed by atoms with van der Waals surface area (Å²) in [6.45, 7) is 0.669. The summed E-state index contributed by atoms with van der Waals surface area (Å²) >= 11 is 0. The van der Waals surface area contributed by atoms with Crippen molar-refractivity contribution >= 4 is 11.7 Å². The molecule has 2 aliphatic rings. The molecule has 1 saturated heterocycles. The van der Waals surface area contributed by atoms with Gasteiger partial charge in [-0.15, -0.1) is 0 Å². The van der Waals surface area contributed by atoms with Gasteiger partial charge in [-0.3, -0.25) is 9.59 Å². The smallest absolute Gasteiger partial charge is 0.290 e. The number of likely N-dealkylation sites (tertiary alicyclic amines) is 1. The minimum Gasteiger partial charge on any atom is -0.333 e. The van der Waals surface area contributed by atoms with Crippen molar-refractivity contribution in [2.75, 3.05) is 6.54 Å². The molecule has 0 N–H and O–H groups in total. The SMILES string of the molecule is O=C1CCN(C2CCCCCC2)C1=O. The van der Waals surface area contributed by atoms with Crippen LogP contribution in [0.15, 0.2) is 0 Å². The maximum Gasteiger partial charge on any atom is 0.290 e. The summed E-state index contributed by atoms with van der Waals surface area (Å²) in [7, 11) is 0. The first-order valence-corrected chi connectivity index (χ1v) is 5.63. The Morgan fingerprint density at radius 3 is 2.14 bits per heavy atom. The fourth-order valence-corrected chi connectivity index (χ4v) is 2.51. The van der Waals surface area contributed by atoms with Crippen LogP contribution in [0.3, 0.4) is 0 Å². The largest absolute Gasteiger partial charge is 0.333 e. The quantitative estimate of drug-likeness (QED) is 0.470. The van der Waals surface area contributed by atoms with Crippen LogP contribution in [0.2, 0.25) is 0 Å². The van der Waals surface area contributed by atoms with E-state index in [0.29, 0.717) is 19.0 Å². The second kappa shape index (κ2) is 4.11. The van der Waals surface area contributed by atoms with Gasteiger partial charge in [0.1, 0.15) is 0 Å². The van der Waals surface area contributed by atoms with E-state index in [0.717, 1.165) is 12.8 Å². The van der Waals surface area contributed by atoms with Crippen LogP contribution in [0.5, 0.6) is 0 Å². The van der Waals surface area contributed by atoms with Gasteiger partial charge in [-0.25, -0.2) is 0 Å². The monoisotopic (exact) mass is 195 g/mol. The first-order valence-electron chi connectivity index (χ1n) is 5.63. The second-order valence-electron chi connectivity index (χ2n) is 4.32. The molecular formula is C11H17NO2. The van der Waals surface area contributed by atoms with Gasteiger partial charge in [0.15, 0.2) is 0 Å². The summed E-state index contributed by atoms with van der Waals surface area (Å²) in [6.07, 6.45) is 7.62. The summed E-state index contributed by atoms with van der Waals surface area (Å²) < 4.78 is 0. The van der Waals surface area contributed by atoms with Crippen molar-refractivity contribution in [2.45, 2.75) is 51.0 Å². The lowest BCUT2D eigenvalue weighted by Crippen LogP contribution is -2.37. The molecule has 2 rings (SSSR count). The highest BCUT2D eigenvalue weighted by Gasteiger charge is 2.34. The maximum atomic E-state index is 11.5. The van der Waals surface area contributed by atoms with E-state index in [9.17, 15) is 9.59 Å². The van der Waals surface area contributed by atoms with E-state index < -0.39 is 0 Å². The minimum atomic E-state index is -0.225. The molecule has 0 aromatic rings. The van der Waals surface area contributed by atoms with Gasteiger partial charge in [0.25, 0.3) is 5.91 Å². The lowest BCUT2D eigenvalue weighted by atomic mass is 10.1. The van der Waals surface area contributed by atoms with Crippen LogP contribution in [-0.2, 0) is 9.59 Å². The van der Waals surface area contributed by atoms with Crippen molar-refractivity contribution in [3.05, 3.63) is 0 Å². The van der Waals surface area contributed by atoms with Gasteiger partial charge in [0.2, 0.25) is 5.78 Å². The third-order valence-corrected chi connectivity index (χ3v) is 3.34. The molecule has 1 aliphatic heterocycles. The number of hydrogen-bond donors (Lipinski definition) is 0. The number of carbonyl (C=O) groups is 2. The number of carbonyl (C=O) groups excluding carboxylic acids is 2. The molecule has 0 aromatic carbocycles. The molecule has 1 amide bonds. The molecule has 1 saturated carbocycles. The normalized spacial score (nSPS) is 25.6. The van der Waals surface area contributed by atoms with E-state index in [2.05, 4.69) is 0 Å². The van der Waals surface area contributed by atoms with Crippen LogP contribution in [0.4, 0.5) is 0 Å². The van der Waals surface area contributed by atoms with Gasteiger partial charge in [0.05, 0.1) is 0 Å². The summed E-state index contributed by atoms with van der Waals surface area (Å²) in [5, 5.41) is 0. The third-order valence-electron chi connectivity index (χ3n) is 3.34. The molecule has 2 fully saturated rings. The van der Waals surface area contributed by atoms with Crippen LogP contribution in [0, 0.1) is 0 Å². The standard InChI is InChI=1S/C11H17NO2/c13-10-7-8-12(11(10)14)9-5-3-1-2-4-6-9/h9H,1-8H2. The Morgan fingerprint density at radius 1 is 1.00 bits per heavy atom. The summed E-state index contributed by atoms with van der Waals surface area (Å²) in [5.41, 5.74) is 0. The molecule has 0 unspecified atom stereocenters. The predicted molar refractivity (Wildman–Crippen MR) is 52.8 cm³/mol. The van der Waals surface area contributed by atoms with Gasteiger partial charge in [-0.05, 0) is 12.8 Å². The highest BCUT2D eigenvalue weighted by Crippen LogP contribution is 2.24. The second-order valence-corrected chi connectivity index (χ2v) is 4.32. The molecular weight excluding hydrogens is 178 g/mol. The van der Waals surface area contributed by atoms with Crippen molar-refractivity contribution in [3.63, 3.8) is 0 Å². The van der Waals surface area contributed by atoms with Gasteiger partial charge >= 0.3 is 0 Å². The molecule has 0 bridgehead atoms. The Bertz CT molecular complexity index is 242. The molecule has 3 nitrogen and oxygen atoms in total. The first-order chi connectivity index (χ1) is 6.79. The number of rotatable bonds is 1. The Kier molecular flexibility index (Phi) is 2.85. The van der Waals surface area contributed by atoms with E-state index in [1.807, 2.05) is 4.90 Å². The van der Waals surface area contributed by atoms with Gasteiger partial charge in [0, 0.05) is 19.0 Å². The van der Waals surface area contributed by atoms with E-state index in [1.165, 1.54) is 25.7 Å². The summed E-state index contributed by atoms with van der Waals surface area (Å²) in [6, 6.07) is 0.358. The van der Waals surface area contributed by atoms with Crippen LogP contribution in [-0.4, -0.2) is 29.2 Å². The topological polar surface area (TPSA) is 37.4 Å². The van der Waals surface area contributed by atoms with E-state index in [1.54, 1.807) is 0 Å². The molecule has 0 radical (unpaired) electrons. The van der Waals surface area contributed by atoms with Gasteiger partial charge in [-0.2, -0.15) is 0 Å². The average molecular weight is 195 g/mol. The van der Waals surface area contributed by atoms with Crippen molar-refractivity contribution in [3.8, 4) is 0 Å². The van der Waals surface area contributed by atoms with Crippen molar-refractivity contribution in [1.82, 2.24) is 4.90 Å². The van der Waals surface area contributed by atoms with E-state index in [-0.39, 0.29) is 11.7 Å². The predicted octanol–water partition coefficient (Wildman–Crippen LogP) is 1.51. The first kappa shape index (κ1) is 9.69. The van der Waals surface area contributed by atoms with Crippen LogP contribution in [0.25, 0.3) is 0 Å². The Morgan fingerprint density at radius 2 is 1.64 bits per heavy atom. The zero-order valence-electron chi connectivity index (χ0n) is 8.50. The molecule has 1 heterocycles. The van der Waals surface area contributed by atoms with Crippen LogP contribution in [0.1, 0.15) is 44.9 Å². The number of nitrogens with zero attached hydrogens (tertiary/aromatic N) is 1. The molecule has 78 valence electrons. The lowest BCUT2D eigenvalue weighted by molar-refractivity contribution is -0.141. The summed E-state index contributed by atoms with van der Waals surface area (Å²) in [5.74, 6) is -0.411. The molecule has 1 aliphatic carbocycles. The summed E-state index contributed by atoms with van der Waals surface area (Å²) in [4.78, 5) is 24.4. The maximum absolute atomic E-state index is 11.5. The van der Waals surface area contributed by atoms with Gasteiger partial charge in [-0.1, -0.05) is 25.7 Å². The minimum absolute atomic E-state index is 0.186. The Hall–Kier alpha value is -0.860. The van der Waals surface area contributed by atoms with E-state index in [4.69, 9.17) is 0 Å². The van der Waals surface area contributed by atoms with Gasteiger partial charge < -0.3 is 4.90 Å². The Labute approximate surface area is 84.5 Å². The van der Waals surface area contributed by atoms with Crippen molar-refractivity contribution in [2.24, 2.45) is 0 Å². The zero-order valence-corrected chi connectivity index (χ0v) is 8.50. The highest BCUT2D eigenvalue weighted by atomic mass is 16.2. The zero-order chi connectivity index (χ0) is 9.97. The number of hydrogen-bond acceptors (Lipinski definition) is 2. The molecule has 0 spiro atoms. The molecule has 14 heavy (non-hydrogen) atoms. The molecule has 3 heteroatoms. The highest BCUT2D eigenvalue weighted by molar-refractivity contribution is 6.37. The average Bonchev–Trinajstić information content (AvgIpc) is 2.47. The Balaban J connectivity index is 1.99. The van der Waals surface area contributed by atoms with Crippen molar-refractivity contribution in [1.29, 1.82) is 0 Å².